The van der Waals surface area contributed by atoms with E-state index >= 15 is 0 Å². The summed E-state index contributed by atoms with van der Waals surface area (Å²) in [5.41, 5.74) is -0.913. The highest BCUT2D eigenvalue weighted by Gasteiger charge is 2.31. The van der Waals surface area contributed by atoms with Crippen molar-refractivity contribution in [2.45, 2.75) is 6.18 Å². The number of aryl methyl sites for hydroxylation is 1. The number of nitrogens with one attached hydrogen (secondary N) is 1. The van der Waals surface area contributed by atoms with E-state index in [9.17, 15) is 22.8 Å². The minimum atomic E-state index is -4.59. The van der Waals surface area contributed by atoms with E-state index in [0.717, 1.165) is 18.2 Å². The van der Waals surface area contributed by atoms with Gasteiger partial charge in [0.2, 0.25) is 0 Å². The lowest BCUT2D eigenvalue weighted by molar-refractivity contribution is -0.137. The molecule has 2 aromatic rings. The summed E-state index contributed by atoms with van der Waals surface area (Å²) in [4.78, 5) is 24.0. The Morgan fingerprint density at radius 1 is 1.18 bits per heavy atom. The molecule has 7 nitrogen and oxygen atoms in total. The summed E-state index contributed by atoms with van der Waals surface area (Å²) in [5, 5.41) is 2.28. The first-order valence-corrected chi connectivity index (χ1v) is 8.13. The minimum absolute atomic E-state index is 0.0344. The Kier molecular flexibility index (Phi) is 7.05. The molecule has 1 amide bonds. The third kappa shape index (κ3) is 5.74. The van der Waals surface area contributed by atoms with Crippen LogP contribution in [0.25, 0.3) is 0 Å². The maximum absolute atomic E-state index is 12.9. The smallest absolute Gasteiger partial charge is 0.416 e. The first-order valence-electron chi connectivity index (χ1n) is 8.13. The molecule has 1 N–H and O–H groups in total. The Balaban J connectivity index is 2.07. The van der Waals surface area contributed by atoms with E-state index in [1.807, 2.05) is 0 Å². The van der Waals surface area contributed by atoms with Gasteiger partial charge in [-0.1, -0.05) is 0 Å². The zero-order chi connectivity index (χ0) is 20.7. The van der Waals surface area contributed by atoms with Gasteiger partial charge in [0.05, 0.1) is 17.9 Å². The van der Waals surface area contributed by atoms with Crippen LogP contribution in [0.5, 0.6) is 5.75 Å². The van der Waals surface area contributed by atoms with Gasteiger partial charge < -0.3 is 24.1 Å². The number of aromatic nitrogens is 1. The predicted octanol–water partition coefficient (Wildman–Crippen LogP) is 2.86. The molecule has 0 unspecified atom stereocenters. The van der Waals surface area contributed by atoms with Crippen LogP contribution in [0.2, 0.25) is 0 Å². The number of alkyl halides is 3. The lowest BCUT2D eigenvalue weighted by atomic mass is 10.1. The first kappa shape index (κ1) is 21.3. The van der Waals surface area contributed by atoms with Crippen molar-refractivity contribution in [2.24, 2.45) is 7.05 Å². The summed E-state index contributed by atoms with van der Waals surface area (Å²) < 4.78 is 55.4. The lowest BCUT2D eigenvalue weighted by Gasteiger charge is -2.15. The molecule has 10 heteroatoms. The van der Waals surface area contributed by atoms with Crippen molar-refractivity contribution in [3.63, 3.8) is 0 Å². The van der Waals surface area contributed by atoms with E-state index in [0.29, 0.717) is 0 Å². The fourth-order valence-corrected chi connectivity index (χ4v) is 2.23. The van der Waals surface area contributed by atoms with Crippen LogP contribution >= 0.6 is 0 Å². The number of carbonyl (C=O) groups is 2. The van der Waals surface area contributed by atoms with Gasteiger partial charge in [-0.3, -0.25) is 4.79 Å². The summed E-state index contributed by atoms with van der Waals surface area (Å²) >= 11 is 0. The van der Waals surface area contributed by atoms with Crippen molar-refractivity contribution >= 4 is 17.6 Å². The predicted molar refractivity (Wildman–Crippen MR) is 93.1 cm³/mol. The average molecular weight is 400 g/mol. The molecule has 0 fully saturated rings. The fourth-order valence-electron chi connectivity index (χ4n) is 2.23. The number of nitrogens with zero attached hydrogens (tertiary/aromatic N) is 1. The number of rotatable bonds is 8. The Labute approximate surface area is 159 Å². The molecule has 1 aromatic carbocycles. The summed E-state index contributed by atoms with van der Waals surface area (Å²) in [6, 6.07) is 5.83. The number of amides is 1. The standard InChI is InChI=1S/C18H19F3N2O5/c1-23-7-3-4-14(23)17(25)28-11-16(24)22-13-10-12(18(19,20)21)5-6-15(13)27-9-8-26-2/h3-7,10H,8-9,11H2,1-2H3,(H,22,24). The topological polar surface area (TPSA) is 78.8 Å². The van der Waals surface area contributed by atoms with Crippen LogP contribution in [0.15, 0.2) is 36.5 Å². The molecular weight excluding hydrogens is 381 g/mol. The van der Waals surface area contributed by atoms with Gasteiger partial charge in [0.15, 0.2) is 6.61 Å². The van der Waals surface area contributed by atoms with Crippen LogP contribution < -0.4 is 10.1 Å². The van der Waals surface area contributed by atoms with Crippen molar-refractivity contribution in [1.82, 2.24) is 4.57 Å². The monoisotopic (exact) mass is 400 g/mol. The second-order valence-corrected chi connectivity index (χ2v) is 5.68. The number of hydrogen-bond donors (Lipinski definition) is 1. The molecule has 2 rings (SSSR count). The number of halogens is 3. The highest BCUT2D eigenvalue weighted by Crippen LogP contribution is 2.35. The molecule has 0 spiro atoms. The molecule has 1 heterocycles. The number of carbonyl (C=O) groups excluding carboxylic acids is 2. The molecule has 28 heavy (non-hydrogen) atoms. The largest absolute Gasteiger partial charge is 0.489 e. The van der Waals surface area contributed by atoms with Crippen LogP contribution in [0.1, 0.15) is 16.1 Å². The van der Waals surface area contributed by atoms with Crippen LogP contribution in [0.4, 0.5) is 18.9 Å². The lowest BCUT2D eigenvalue weighted by Crippen LogP contribution is -2.22. The normalized spacial score (nSPS) is 11.2. The molecule has 0 aliphatic heterocycles. The van der Waals surface area contributed by atoms with Crippen LogP contribution in [-0.2, 0) is 27.5 Å². The van der Waals surface area contributed by atoms with E-state index in [4.69, 9.17) is 14.2 Å². The molecule has 152 valence electrons. The summed E-state index contributed by atoms with van der Waals surface area (Å²) in [5.74, 6) is -1.51. The first-order chi connectivity index (χ1) is 13.2. The molecule has 0 saturated heterocycles. The summed E-state index contributed by atoms with van der Waals surface area (Å²) in [7, 11) is 3.07. The Hall–Kier alpha value is -3.01. The number of ether oxygens (including phenoxy) is 3. The van der Waals surface area contributed by atoms with Gasteiger partial charge in [-0.2, -0.15) is 13.2 Å². The Bertz CT molecular complexity index is 833. The van der Waals surface area contributed by atoms with Gasteiger partial charge in [0.25, 0.3) is 5.91 Å². The third-order valence-corrected chi connectivity index (χ3v) is 3.61. The van der Waals surface area contributed by atoms with Crippen molar-refractivity contribution in [1.29, 1.82) is 0 Å². The quantitative estimate of drug-likeness (QED) is 0.545. The van der Waals surface area contributed by atoms with E-state index in [1.165, 1.54) is 17.7 Å². The summed E-state index contributed by atoms with van der Waals surface area (Å²) in [6.45, 7) is -0.381. The van der Waals surface area contributed by atoms with Crippen molar-refractivity contribution in [3.8, 4) is 5.75 Å². The fraction of sp³-hybridized carbons (Fsp3) is 0.333. The zero-order valence-electron chi connectivity index (χ0n) is 15.2. The van der Waals surface area contributed by atoms with Gasteiger partial charge in [0, 0.05) is 20.4 Å². The summed E-state index contributed by atoms with van der Waals surface area (Å²) in [6.07, 6.45) is -2.97. The Morgan fingerprint density at radius 2 is 1.93 bits per heavy atom. The van der Waals surface area contributed by atoms with E-state index < -0.39 is 30.2 Å². The van der Waals surface area contributed by atoms with Gasteiger partial charge >= 0.3 is 12.1 Å². The van der Waals surface area contributed by atoms with Crippen molar-refractivity contribution < 1.29 is 37.0 Å². The number of hydrogen-bond acceptors (Lipinski definition) is 5. The van der Waals surface area contributed by atoms with Gasteiger partial charge in [-0.05, 0) is 30.3 Å². The molecule has 0 bridgehead atoms. The van der Waals surface area contributed by atoms with Crippen LogP contribution in [0.3, 0.4) is 0 Å². The zero-order valence-corrected chi connectivity index (χ0v) is 15.2. The molecule has 0 aliphatic rings. The molecule has 0 atom stereocenters. The van der Waals surface area contributed by atoms with Crippen molar-refractivity contribution in [2.75, 3.05) is 32.2 Å². The maximum Gasteiger partial charge on any atom is 0.416 e. The van der Waals surface area contributed by atoms with Crippen LogP contribution in [-0.4, -0.2) is 43.4 Å². The van der Waals surface area contributed by atoms with Gasteiger partial charge in [0.1, 0.15) is 18.1 Å². The van der Waals surface area contributed by atoms with Crippen LogP contribution in [0, 0.1) is 0 Å². The number of benzene rings is 1. The van der Waals surface area contributed by atoms with Gasteiger partial charge in [-0.15, -0.1) is 0 Å². The highest BCUT2D eigenvalue weighted by molar-refractivity contribution is 5.96. The molecular formula is C18H19F3N2O5. The molecule has 0 radical (unpaired) electrons. The van der Waals surface area contributed by atoms with E-state index in [1.54, 1.807) is 19.3 Å². The number of methoxy groups -OCH3 is 1. The SMILES string of the molecule is COCCOc1ccc(C(F)(F)F)cc1NC(=O)COC(=O)c1cccn1C. The Morgan fingerprint density at radius 3 is 2.54 bits per heavy atom. The second kappa shape index (κ2) is 9.27. The van der Waals surface area contributed by atoms with Crippen molar-refractivity contribution in [3.05, 3.63) is 47.8 Å². The number of anilines is 1. The van der Waals surface area contributed by atoms with E-state index in [-0.39, 0.29) is 30.3 Å². The number of esters is 1. The third-order valence-electron chi connectivity index (χ3n) is 3.61. The molecule has 0 saturated carbocycles. The van der Waals surface area contributed by atoms with Gasteiger partial charge in [-0.25, -0.2) is 4.79 Å². The second-order valence-electron chi connectivity index (χ2n) is 5.68. The maximum atomic E-state index is 12.9. The highest BCUT2D eigenvalue weighted by atomic mass is 19.4. The molecule has 1 aromatic heterocycles. The average Bonchev–Trinajstić information content (AvgIpc) is 3.06. The molecule has 0 aliphatic carbocycles. The van der Waals surface area contributed by atoms with E-state index in [2.05, 4.69) is 5.32 Å². The minimum Gasteiger partial charge on any atom is -0.489 e.